The summed E-state index contributed by atoms with van der Waals surface area (Å²) in [5.41, 5.74) is 0. The number of hydrogen-bond acceptors (Lipinski definition) is 4. The maximum Gasteiger partial charge on any atom is 0.263 e. The Kier molecular flexibility index (Phi) is 4.57. The Labute approximate surface area is 150 Å². The highest BCUT2D eigenvalue weighted by atomic mass is 32.1. The molecule has 24 heavy (non-hydrogen) atoms. The van der Waals surface area contributed by atoms with Crippen LogP contribution in [0.5, 0.6) is 0 Å². The molecule has 0 radical (unpaired) electrons. The Morgan fingerprint density at radius 1 is 1.21 bits per heavy atom. The van der Waals surface area contributed by atoms with E-state index in [9.17, 15) is 4.79 Å². The van der Waals surface area contributed by atoms with Gasteiger partial charge in [0.2, 0.25) is 0 Å². The molecule has 1 aliphatic heterocycles. The molecule has 5 heteroatoms. The van der Waals surface area contributed by atoms with E-state index in [4.69, 9.17) is 0 Å². The van der Waals surface area contributed by atoms with Crippen molar-refractivity contribution in [1.82, 2.24) is 10.2 Å². The molecule has 1 saturated heterocycles. The van der Waals surface area contributed by atoms with Crippen molar-refractivity contribution in [3.05, 3.63) is 35.2 Å². The van der Waals surface area contributed by atoms with E-state index < -0.39 is 0 Å². The number of rotatable bonds is 4. The molecule has 0 atom stereocenters. The van der Waals surface area contributed by atoms with Crippen LogP contribution >= 0.6 is 22.7 Å². The van der Waals surface area contributed by atoms with Crippen molar-refractivity contribution in [2.75, 3.05) is 26.7 Å². The molecular weight excluding hydrogens is 336 g/mol. The highest BCUT2D eigenvalue weighted by Crippen LogP contribution is 2.39. The van der Waals surface area contributed by atoms with Crippen LogP contribution in [0.2, 0.25) is 0 Å². The van der Waals surface area contributed by atoms with Crippen molar-refractivity contribution in [3.8, 4) is 0 Å². The van der Waals surface area contributed by atoms with Gasteiger partial charge in [-0.2, -0.15) is 0 Å². The molecule has 1 aromatic carbocycles. The zero-order chi connectivity index (χ0) is 16.5. The van der Waals surface area contributed by atoms with E-state index in [2.05, 4.69) is 35.6 Å². The second-order valence-corrected chi connectivity index (χ2v) is 8.67. The molecule has 0 unspecified atom stereocenters. The SMILES string of the molecule is CNCCC1CCN(C(=O)c2cc3sc4ccccc4c3s2)CC1. The van der Waals surface area contributed by atoms with Crippen LogP contribution in [0, 0.1) is 5.92 Å². The number of amides is 1. The molecule has 0 aliphatic carbocycles. The van der Waals surface area contributed by atoms with E-state index in [0.717, 1.165) is 43.3 Å². The molecule has 1 N–H and O–H groups in total. The van der Waals surface area contributed by atoms with Gasteiger partial charge in [0.05, 0.1) is 9.58 Å². The minimum absolute atomic E-state index is 0.222. The van der Waals surface area contributed by atoms with Gasteiger partial charge >= 0.3 is 0 Å². The van der Waals surface area contributed by atoms with Crippen LogP contribution in [0.1, 0.15) is 28.9 Å². The van der Waals surface area contributed by atoms with E-state index in [1.54, 1.807) is 22.7 Å². The van der Waals surface area contributed by atoms with Crippen molar-refractivity contribution in [3.63, 3.8) is 0 Å². The fourth-order valence-corrected chi connectivity index (χ4v) is 6.03. The first kappa shape index (κ1) is 16.1. The lowest BCUT2D eigenvalue weighted by atomic mass is 9.93. The predicted octanol–water partition coefficient (Wildman–Crippen LogP) is 4.58. The fraction of sp³-hybridized carbons (Fsp3) is 0.421. The van der Waals surface area contributed by atoms with E-state index in [-0.39, 0.29) is 5.91 Å². The Morgan fingerprint density at radius 2 is 2.00 bits per heavy atom. The lowest BCUT2D eigenvalue weighted by molar-refractivity contribution is 0.0692. The van der Waals surface area contributed by atoms with Crippen molar-refractivity contribution < 1.29 is 4.79 Å². The lowest BCUT2D eigenvalue weighted by Crippen LogP contribution is -2.38. The number of nitrogens with one attached hydrogen (secondary N) is 1. The number of benzene rings is 1. The van der Waals surface area contributed by atoms with Gasteiger partial charge in [0.1, 0.15) is 0 Å². The van der Waals surface area contributed by atoms with Crippen molar-refractivity contribution in [1.29, 1.82) is 0 Å². The maximum atomic E-state index is 12.9. The van der Waals surface area contributed by atoms with E-state index in [0.29, 0.717) is 0 Å². The molecule has 3 aromatic rings. The summed E-state index contributed by atoms with van der Waals surface area (Å²) in [4.78, 5) is 15.8. The molecule has 0 saturated carbocycles. The zero-order valence-corrected chi connectivity index (χ0v) is 15.5. The van der Waals surface area contributed by atoms with Crippen LogP contribution in [-0.2, 0) is 0 Å². The molecule has 1 aliphatic rings. The second-order valence-electron chi connectivity index (χ2n) is 6.53. The normalized spacial score (nSPS) is 16.3. The van der Waals surface area contributed by atoms with E-state index in [1.165, 1.54) is 25.9 Å². The Hall–Kier alpha value is -1.43. The third-order valence-electron chi connectivity index (χ3n) is 4.96. The van der Waals surface area contributed by atoms with E-state index in [1.807, 2.05) is 11.9 Å². The Bertz CT molecular complexity index is 859. The first-order valence-electron chi connectivity index (χ1n) is 8.61. The van der Waals surface area contributed by atoms with Gasteiger partial charge in [-0.25, -0.2) is 0 Å². The molecule has 0 spiro atoms. The third-order valence-corrected chi connectivity index (χ3v) is 7.37. The number of piperidine rings is 1. The third kappa shape index (κ3) is 2.96. The van der Waals surface area contributed by atoms with Gasteiger partial charge in [0.25, 0.3) is 5.91 Å². The average molecular weight is 359 g/mol. The van der Waals surface area contributed by atoms with Crippen LogP contribution < -0.4 is 5.32 Å². The summed E-state index contributed by atoms with van der Waals surface area (Å²) in [7, 11) is 2.00. The van der Waals surface area contributed by atoms with Gasteiger partial charge in [-0.15, -0.1) is 22.7 Å². The summed E-state index contributed by atoms with van der Waals surface area (Å²) < 4.78 is 3.82. The molecule has 1 fully saturated rings. The number of hydrogen-bond donors (Lipinski definition) is 1. The zero-order valence-electron chi connectivity index (χ0n) is 13.9. The molecular formula is C19H22N2OS2. The summed E-state index contributed by atoms with van der Waals surface area (Å²) in [6.45, 7) is 2.88. The fourth-order valence-electron chi connectivity index (χ4n) is 3.53. The number of likely N-dealkylation sites (tertiary alicyclic amines) is 1. The highest BCUT2D eigenvalue weighted by molar-refractivity contribution is 7.33. The Morgan fingerprint density at radius 3 is 2.79 bits per heavy atom. The minimum atomic E-state index is 0.222. The van der Waals surface area contributed by atoms with Crippen LogP contribution in [-0.4, -0.2) is 37.5 Å². The van der Waals surface area contributed by atoms with Gasteiger partial charge < -0.3 is 10.2 Å². The minimum Gasteiger partial charge on any atom is -0.338 e. The van der Waals surface area contributed by atoms with Crippen LogP contribution in [0.4, 0.5) is 0 Å². The molecule has 0 bridgehead atoms. The van der Waals surface area contributed by atoms with Crippen LogP contribution in [0.15, 0.2) is 30.3 Å². The first-order valence-corrected chi connectivity index (χ1v) is 10.2. The molecule has 126 valence electrons. The molecule has 2 aromatic heterocycles. The molecule has 3 nitrogen and oxygen atoms in total. The number of nitrogens with zero attached hydrogens (tertiary/aromatic N) is 1. The summed E-state index contributed by atoms with van der Waals surface area (Å²) in [5.74, 6) is 0.983. The van der Waals surface area contributed by atoms with Gasteiger partial charge in [-0.1, -0.05) is 18.2 Å². The molecule has 3 heterocycles. The molecule has 1 amide bonds. The number of carbonyl (C=O) groups excluding carboxylic acids is 1. The summed E-state index contributed by atoms with van der Waals surface area (Å²) in [6.07, 6.45) is 3.49. The smallest absolute Gasteiger partial charge is 0.263 e. The van der Waals surface area contributed by atoms with Crippen molar-refractivity contribution >= 4 is 48.1 Å². The highest BCUT2D eigenvalue weighted by Gasteiger charge is 2.25. The number of thiophene rings is 2. The van der Waals surface area contributed by atoms with Crippen molar-refractivity contribution in [2.45, 2.75) is 19.3 Å². The average Bonchev–Trinajstić information content (AvgIpc) is 3.17. The summed E-state index contributed by atoms with van der Waals surface area (Å²) in [5, 5.41) is 4.51. The van der Waals surface area contributed by atoms with E-state index >= 15 is 0 Å². The standard InChI is InChI=1S/C19H22N2OS2/c1-20-9-6-13-7-10-21(11-8-13)19(22)17-12-16-18(24-17)14-4-2-3-5-15(14)23-16/h2-5,12-13,20H,6-11H2,1H3. The molecule has 4 rings (SSSR count). The number of carbonyl (C=O) groups is 1. The largest absolute Gasteiger partial charge is 0.338 e. The Balaban J connectivity index is 1.50. The van der Waals surface area contributed by atoms with Crippen molar-refractivity contribution in [2.24, 2.45) is 5.92 Å². The van der Waals surface area contributed by atoms with Gasteiger partial charge in [-0.3, -0.25) is 4.79 Å². The van der Waals surface area contributed by atoms with Crippen LogP contribution in [0.3, 0.4) is 0 Å². The quantitative estimate of drug-likeness (QED) is 0.740. The van der Waals surface area contributed by atoms with Crippen LogP contribution in [0.25, 0.3) is 19.5 Å². The van der Waals surface area contributed by atoms with Gasteiger partial charge in [-0.05, 0) is 50.9 Å². The van der Waals surface area contributed by atoms with Gasteiger partial charge in [0, 0.05) is 27.9 Å². The van der Waals surface area contributed by atoms with Gasteiger partial charge in [0.15, 0.2) is 0 Å². The maximum absolute atomic E-state index is 12.9. The lowest BCUT2D eigenvalue weighted by Gasteiger charge is -2.31. The monoisotopic (exact) mass is 358 g/mol. The summed E-state index contributed by atoms with van der Waals surface area (Å²) >= 11 is 3.45. The summed E-state index contributed by atoms with van der Waals surface area (Å²) in [6, 6.07) is 10.6. The first-order chi connectivity index (χ1) is 11.8. The predicted molar refractivity (Wildman–Crippen MR) is 104 cm³/mol. The topological polar surface area (TPSA) is 32.3 Å². The number of fused-ring (bicyclic) bond motifs is 3. The second kappa shape index (κ2) is 6.82.